The van der Waals surface area contributed by atoms with Gasteiger partial charge in [-0.1, -0.05) is 29.3 Å². The summed E-state index contributed by atoms with van der Waals surface area (Å²) in [6, 6.07) is 7.85. The number of piperazine rings is 1. The SMILES string of the molecule is O=C(O)CC12C[C@H]3C[C@@H](C1)CC(n1ncc(N4CCN(c5cccc(Cl)c5)CC4)c(Cl)c1=O)(C3)C2. The number of hydrogen-bond acceptors (Lipinski definition) is 5. The normalized spacial score (nSPS) is 31.7. The van der Waals surface area contributed by atoms with Crippen molar-refractivity contribution in [1.82, 2.24) is 9.78 Å². The molecular formula is C26H30Cl2N4O3. The van der Waals surface area contributed by atoms with Crippen LogP contribution < -0.4 is 15.4 Å². The van der Waals surface area contributed by atoms with Gasteiger partial charge in [-0.2, -0.15) is 5.10 Å². The molecule has 186 valence electrons. The van der Waals surface area contributed by atoms with Crippen LogP contribution >= 0.6 is 23.2 Å². The highest BCUT2D eigenvalue weighted by atomic mass is 35.5. The fourth-order valence-electron chi connectivity index (χ4n) is 8.04. The molecular weight excluding hydrogens is 487 g/mol. The number of halogens is 2. The Bertz CT molecular complexity index is 1210. The average molecular weight is 517 g/mol. The van der Waals surface area contributed by atoms with E-state index in [9.17, 15) is 14.7 Å². The van der Waals surface area contributed by atoms with Crippen molar-refractivity contribution in [3.63, 3.8) is 0 Å². The van der Waals surface area contributed by atoms with Crippen molar-refractivity contribution in [3.05, 3.63) is 50.9 Å². The Morgan fingerprint density at radius 1 is 1.06 bits per heavy atom. The lowest BCUT2D eigenvalue weighted by Gasteiger charge is -2.61. The van der Waals surface area contributed by atoms with Gasteiger partial charge >= 0.3 is 5.97 Å². The number of carbonyl (C=O) groups is 1. The summed E-state index contributed by atoms with van der Waals surface area (Å²) < 4.78 is 1.63. The summed E-state index contributed by atoms with van der Waals surface area (Å²) in [4.78, 5) is 29.7. The molecule has 4 aliphatic carbocycles. The standard InChI is InChI=1S/C26H30Cl2N4O3/c27-19-2-1-3-20(9-19)30-4-6-31(7-5-30)21-15-29-32(24(35)23(21)28)26-12-17-8-18(13-26)11-25(10-17,16-26)14-22(33)34/h1-3,9,15,17-18H,4-8,10-14,16H2,(H,33,34)/t17-,18+,25?,26?. The molecule has 1 aromatic heterocycles. The second-order valence-electron chi connectivity index (χ2n) is 11.3. The Hall–Kier alpha value is -2.25. The van der Waals surface area contributed by atoms with E-state index in [0.717, 1.165) is 69.0 Å². The summed E-state index contributed by atoms with van der Waals surface area (Å²) in [7, 11) is 0. The number of hydrogen-bond donors (Lipinski definition) is 1. The lowest BCUT2D eigenvalue weighted by Crippen LogP contribution is -2.59. The zero-order valence-corrected chi connectivity index (χ0v) is 21.1. The minimum absolute atomic E-state index is 0.180. The molecule has 1 aromatic carbocycles. The third-order valence-electron chi connectivity index (χ3n) is 8.82. The Morgan fingerprint density at radius 3 is 2.40 bits per heavy atom. The number of rotatable bonds is 5. The Labute approximate surface area is 214 Å². The first kappa shape index (κ1) is 23.2. The van der Waals surface area contributed by atoms with Gasteiger partial charge in [-0.05, 0) is 74.0 Å². The zero-order chi connectivity index (χ0) is 24.4. The number of anilines is 2. The monoisotopic (exact) mass is 516 g/mol. The van der Waals surface area contributed by atoms with E-state index in [2.05, 4.69) is 15.9 Å². The molecule has 1 aliphatic heterocycles. The summed E-state index contributed by atoms with van der Waals surface area (Å²) in [5.74, 6) is 0.178. The van der Waals surface area contributed by atoms with Crippen LogP contribution in [0.2, 0.25) is 10.0 Å². The van der Waals surface area contributed by atoms with Gasteiger partial charge in [0.15, 0.2) is 0 Å². The molecule has 4 saturated carbocycles. The third kappa shape index (κ3) is 4.01. The second kappa shape index (κ2) is 8.41. The molecule has 2 unspecified atom stereocenters. The van der Waals surface area contributed by atoms with E-state index in [1.54, 1.807) is 10.9 Å². The zero-order valence-electron chi connectivity index (χ0n) is 19.6. The van der Waals surface area contributed by atoms with Crippen molar-refractivity contribution in [2.45, 2.75) is 50.5 Å². The van der Waals surface area contributed by atoms with Gasteiger partial charge in [0.2, 0.25) is 0 Å². The number of benzene rings is 1. The molecule has 0 spiro atoms. The highest BCUT2D eigenvalue weighted by Gasteiger charge is 2.59. The van der Waals surface area contributed by atoms with Crippen LogP contribution in [-0.2, 0) is 10.3 Å². The lowest BCUT2D eigenvalue weighted by molar-refractivity contribution is -0.151. The topological polar surface area (TPSA) is 78.7 Å². The number of aromatic nitrogens is 2. The van der Waals surface area contributed by atoms with Crippen LogP contribution in [0.15, 0.2) is 35.3 Å². The molecule has 35 heavy (non-hydrogen) atoms. The molecule has 5 aliphatic rings. The molecule has 2 aromatic rings. The Balaban J connectivity index is 1.25. The first-order valence-corrected chi connectivity index (χ1v) is 13.3. The first-order valence-electron chi connectivity index (χ1n) is 12.5. The van der Waals surface area contributed by atoms with Gasteiger partial charge in [0.1, 0.15) is 5.02 Å². The lowest BCUT2D eigenvalue weighted by atomic mass is 9.46. The summed E-state index contributed by atoms with van der Waals surface area (Å²) in [5, 5.41) is 15.2. The number of nitrogens with zero attached hydrogens (tertiary/aromatic N) is 4. The molecule has 9 heteroatoms. The Kier molecular flexibility index (Phi) is 5.57. The van der Waals surface area contributed by atoms with Crippen molar-refractivity contribution >= 4 is 40.5 Å². The number of aliphatic carboxylic acids is 1. The molecule has 1 N–H and O–H groups in total. The van der Waals surface area contributed by atoms with Gasteiger partial charge in [-0.15, -0.1) is 0 Å². The van der Waals surface area contributed by atoms with Crippen LogP contribution in [0, 0.1) is 17.3 Å². The summed E-state index contributed by atoms with van der Waals surface area (Å²) in [6.07, 6.45) is 7.47. The van der Waals surface area contributed by atoms with E-state index in [4.69, 9.17) is 28.3 Å². The first-order chi connectivity index (χ1) is 16.8. The average Bonchev–Trinajstić information content (AvgIpc) is 2.79. The summed E-state index contributed by atoms with van der Waals surface area (Å²) >= 11 is 12.9. The minimum atomic E-state index is -0.743. The molecule has 1 saturated heterocycles. The fourth-order valence-corrected chi connectivity index (χ4v) is 8.47. The summed E-state index contributed by atoms with van der Waals surface area (Å²) in [6.45, 7) is 3.05. The fraction of sp³-hybridized carbons (Fsp3) is 0.577. The molecule has 0 radical (unpaired) electrons. The largest absolute Gasteiger partial charge is 0.481 e. The smallest absolute Gasteiger partial charge is 0.303 e. The van der Waals surface area contributed by atoms with Crippen LogP contribution in [0.25, 0.3) is 0 Å². The maximum absolute atomic E-state index is 13.6. The molecule has 7 rings (SSSR count). The van der Waals surface area contributed by atoms with Gasteiger partial charge in [-0.25, -0.2) is 4.68 Å². The van der Waals surface area contributed by atoms with E-state index >= 15 is 0 Å². The van der Waals surface area contributed by atoms with Crippen molar-refractivity contribution in [2.75, 3.05) is 36.0 Å². The molecule has 4 atom stereocenters. The van der Waals surface area contributed by atoms with E-state index in [0.29, 0.717) is 23.9 Å². The third-order valence-corrected chi connectivity index (χ3v) is 9.41. The number of carboxylic acid groups (broad SMARTS) is 1. The molecule has 4 bridgehead atoms. The number of carboxylic acids is 1. The van der Waals surface area contributed by atoms with Gasteiger partial charge in [0, 0.05) is 36.9 Å². The van der Waals surface area contributed by atoms with Crippen LogP contribution in [-0.4, -0.2) is 47.0 Å². The van der Waals surface area contributed by atoms with E-state index in [1.807, 2.05) is 18.2 Å². The predicted octanol–water partition coefficient (Wildman–Crippen LogP) is 4.65. The summed E-state index contributed by atoms with van der Waals surface area (Å²) in [5.41, 5.74) is 0.898. The van der Waals surface area contributed by atoms with Gasteiger partial charge in [0.25, 0.3) is 5.56 Å². The highest BCUT2D eigenvalue weighted by Crippen LogP contribution is 2.65. The molecule has 2 heterocycles. The van der Waals surface area contributed by atoms with Crippen LogP contribution in [0.1, 0.15) is 44.9 Å². The van der Waals surface area contributed by atoms with Crippen molar-refractivity contribution < 1.29 is 9.90 Å². The highest BCUT2D eigenvalue weighted by molar-refractivity contribution is 6.33. The van der Waals surface area contributed by atoms with Crippen molar-refractivity contribution in [2.24, 2.45) is 17.3 Å². The van der Waals surface area contributed by atoms with Crippen LogP contribution in [0.3, 0.4) is 0 Å². The van der Waals surface area contributed by atoms with Gasteiger partial charge in [-0.3, -0.25) is 9.59 Å². The van der Waals surface area contributed by atoms with Gasteiger partial charge in [0.05, 0.1) is 23.8 Å². The maximum Gasteiger partial charge on any atom is 0.303 e. The Morgan fingerprint density at radius 2 is 1.74 bits per heavy atom. The van der Waals surface area contributed by atoms with Crippen LogP contribution in [0.4, 0.5) is 11.4 Å². The van der Waals surface area contributed by atoms with Crippen molar-refractivity contribution in [3.8, 4) is 0 Å². The van der Waals surface area contributed by atoms with E-state index in [-0.39, 0.29) is 22.4 Å². The molecule has 5 fully saturated rings. The minimum Gasteiger partial charge on any atom is -0.481 e. The van der Waals surface area contributed by atoms with Crippen molar-refractivity contribution in [1.29, 1.82) is 0 Å². The van der Waals surface area contributed by atoms with E-state index < -0.39 is 11.5 Å². The van der Waals surface area contributed by atoms with Crippen LogP contribution in [0.5, 0.6) is 0 Å². The quantitative estimate of drug-likeness (QED) is 0.623. The predicted molar refractivity (Wildman–Crippen MR) is 137 cm³/mol. The molecule has 0 amide bonds. The van der Waals surface area contributed by atoms with E-state index in [1.165, 1.54) is 0 Å². The van der Waals surface area contributed by atoms with Gasteiger partial charge < -0.3 is 14.9 Å². The second-order valence-corrected chi connectivity index (χ2v) is 12.1. The maximum atomic E-state index is 13.6. The molecule has 7 nitrogen and oxygen atoms in total.